The van der Waals surface area contributed by atoms with Gasteiger partial charge in [0.25, 0.3) is 0 Å². The predicted molar refractivity (Wildman–Crippen MR) is 62.4 cm³/mol. The van der Waals surface area contributed by atoms with Crippen molar-refractivity contribution in [2.75, 3.05) is 18.1 Å². The van der Waals surface area contributed by atoms with E-state index < -0.39 is 0 Å². The molecule has 16 heavy (non-hydrogen) atoms. The highest BCUT2D eigenvalue weighted by Gasteiger charge is 2.25. The molecule has 88 valence electrons. The molecule has 0 aliphatic carbocycles. The second-order valence-electron chi connectivity index (χ2n) is 4.31. The van der Waals surface area contributed by atoms with Gasteiger partial charge in [-0.2, -0.15) is 0 Å². The Morgan fingerprint density at radius 3 is 2.94 bits per heavy atom. The molecule has 0 bridgehead atoms. The number of anilines is 1. The largest absolute Gasteiger partial charge is 0.394 e. The molecule has 0 amide bonds. The van der Waals surface area contributed by atoms with Gasteiger partial charge in [0, 0.05) is 12.7 Å². The summed E-state index contributed by atoms with van der Waals surface area (Å²) in [6, 6.07) is 2.15. The standard InChI is InChI=1S/C12H18N2O2/c1-9-5-10(7-15)6-13-12(9)14-4-2-3-11(14)8-16/h5-6,11,15-16H,2-4,7-8H2,1H3. The summed E-state index contributed by atoms with van der Waals surface area (Å²) in [7, 11) is 0. The molecule has 1 aromatic rings. The first kappa shape index (κ1) is 11.4. The SMILES string of the molecule is Cc1cc(CO)cnc1N1CCCC1CO. The number of nitrogens with zero attached hydrogens (tertiary/aromatic N) is 2. The Kier molecular flexibility index (Phi) is 3.41. The van der Waals surface area contributed by atoms with Crippen molar-refractivity contribution in [2.45, 2.75) is 32.4 Å². The lowest BCUT2D eigenvalue weighted by atomic mass is 10.2. The minimum atomic E-state index is 0.0253. The van der Waals surface area contributed by atoms with Crippen LogP contribution in [0.2, 0.25) is 0 Å². The van der Waals surface area contributed by atoms with E-state index in [9.17, 15) is 5.11 Å². The van der Waals surface area contributed by atoms with Gasteiger partial charge >= 0.3 is 0 Å². The highest BCUT2D eigenvalue weighted by molar-refractivity contribution is 5.49. The highest BCUT2D eigenvalue weighted by atomic mass is 16.3. The molecule has 0 saturated carbocycles. The van der Waals surface area contributed by atoms with Gasteiger partial charge in [-0.15, -0.1) is 0 Å². The van der Waals surface area contributed by atoms with Crippen LogP contribution < -0.4 is 4.90 Å². The molecule has 1 fully saturated rings. The smallest absolute Gasteiger partial charge is 0.131 e. The highest BCUT2D eigenvalue weighted by Crippen LogP contribution is 2.26. The first-order valence-electron chi connectivity index (χ1n) is 5.70. The maximum absolute atomic E-state index is 9.28. The van der Waals surface area contributed by atoms with E-state index in [0.29, 0.717) is 0 Å². The summed E-state index contributed by atoms with van der Waals surface area (Å²) in [6.45, 7) is 3.16. The van der Waals surface area contributed by atoms with E-state index in [1.807, 2.05) is 13.0 Å². The Morgan fingerprint density at radius 2 is 2.31 bits per heavy atom. The molecule has 0 spiro atoms. The number of aliphatic hydroxyl groups is 2. The fraction of sp³-hybridized carbons (Fsp3) is 0.583. The summed E-state index contributed by atoms with van der Waals surface area (Å²) < 4.78 is 0. The molecule has 1 aliphatic heterocycles. The van der Waals surface area contributed by atoms with Crippen LogP contribution in [0.3, 0.4) is 0 Å². The number of rotatable bonds is 3. The van der Waals surface area contributed by atoms with Crippen LogP contribution >= 0.6 is 0 Å². The third-order valence-corrected chi connectivity index (χ3v) is 3.15. The van der Waals surface area contributed by atoms with Crippen molar-refractivity contribution < 1.29 is 10.2 Å². The average Bonchev–Trinajstić information content (AvgIpc) is 2.76. The van der Waals surface area contributed by atoms with E-state index in [1.165, 1.54) is 0 Å². The van der Waals surface area contributed by atoms with Crippen LogP contribution in [0, 0.1) is 6.92 Å². The van der Waals surface area contributed by atoms with Gasteiger partial charge in [-0.1, -0.05) is 0 Å². The fourth-order valence-corrected chi connectivity index (χ4v) is 2.32. The minimum Gasteiger partial charge on any atom is -0.394 e. The monoisotopic (exact) mass is 222 g/mol. The van der Waals surface area contributed by atoms with Crippen molar-refractivity contribution in [3.8, 4) is 0 Å². The molecule has 0 radical (unpaired) electrons. The van der Waals surface area contributed by atoms with Crippen LogP contribution in [0.25, 0.3) is 0 Å². The van der Waals surface area contributed by atoms with Crippen molar-refractivity contribution in [2.24, 2.45) is 0 Å². The lowest BCUT2D eigenvalue weighted by Crippen LogP contribution is -2.33. The average molecular weight is 222 g/mol. The van der Waals surface area contributed by atoms with Gasteiger partial charge in [0.15, 0.2) is 0 Å². The van der Waals surface area contributed by atoms with E-state index in [0.717, 1.165) is 36.3 Å². The van der Waals surface area contributed by atoms with Gasteiger partial charge in [-0.3, -0.25) is 0 Å². The lowest BCUT2D eigenvalue weighted by Gasteiger charge is -2.25. The summed E-state index contributed by atoms with van der Waals surface area (Å²) in [5.74, 6) is 0.939. The molecule has 1 aliphatic rings. The second-order valence-corrected chi connectivity index (χ2v) is 4.31. The van der Waals surface area contributed by atoms with Crippen molar-refractivity contribution >= 4 is 5.82 Å². The number of hydrogen-bond donors (Lipinski definition) is 2. The Balaban J connectivity index is 2.26. The van der Waals surface area contributed by atoms with Crippen molar-refractivity contribution in [3.63, 3.8) is 0 Å². The van der Waals surface area contributed by atoms with E-state index in [2.05, 4.69) is 9.88 Å². The van der Waals surface area contributed by atoms with Crippen LogP contribution in [0.4, 0.5) is 5.82 Å². The van der Waals surface area contributed by atoms with Gasteiger partial charge in [0.2, 0.25) is 0 Å². The quantitative estimate of drug-likeness (QED) is 0.796. The lowest BCUT2D eigenvalue weighted by molar-refractivity contribution is 0.266. The number of aryl methyl sites for hydroxylation is 1. The van der Waals surface area contributed by atoms with Crippen molar-refractivity contribution in [3.05, 3.63) is 23.4 Å². The molecule has 2 rings (SSSR count). The molecular formula is C12H18N2O2. The van der Waals surface area contributed by atoms with Crippen molar-refractivity contribution in [1.82, 2.24) is 4.98 Å². The van der Waals surface area contributed by atoms with Gasteiger partial charge in [0.1, 0.15) is 5.82 Å². The van der Waals surface area contributed by atoms with Gasteiger partial charge in [-0.05, 0) is 37.0 Å². The minimum absolute atomic E-state index is 0.0253. The third kappa shape index (κ3) is 2.03. The molecule has 1 unspecified atom stereocenters. The van der Waals surface area contributed by atoms with Crippen molar-refractivity contribution in [1.29, 1.82) is 0 Å². The Hall–Kier alpha value is -1.13. The molecular weight excluding hydrogens is 204 g/mol. The number of hydrogen-bond acceptors (Lipinski definition) is 4. The molecule has 4 nitrogen and oxygen atoms in total. The maximum Gasteiger partial charge on any atom is 0.131 e. The molecule has 2 heterocycles. The maximum atomic E-state index is 9.28. The number of aliphatic hydroxyl groups excluding tert-OH is 2. The summed E-state index contributed by atoms with van der Waals surface area (Å²) >= 11 is 0. The normalized spacial score (nSPS) is 20.4. The summed E-state index contributed by atoms with van der Waals surface area (Å²) in [5, 5.41) is 18.3. The van der Waals surface area contributed by atoms with Crippen LogP contribution in [-0.4, -0.2) is 34.4 Å². The molecule has 1 saturated heterocycles. The summed E-state index contributed by atoms with van der Waals surface area (Å²) in [5.41, 5.74) is 1.90. The Bertz CT molecular complexity index is 368. The molecule has 1 aromatic heterocycles. The molecule has 2 N–H and O–H groups in total. The molecule has 0 aromatic carbocycles. The first-order valence-corrected chi connectivity index (χ1v) is 5.70. The van der Waals surface area contributed by atoms with Gasteiger partial charge in [-0.25, -0.2) is 4.98 Å². The second kappa shape index (κ2) is 4.80. The van der Waals surface area contributed by atoms with E-state index >= 15 is 0 Å². The summed E-state index contributed by atoms with van der Waals surface area (Å²) in [4.78, 5) is 6.55. The number of pyridine rings is 1. The molecule has 1 atom stereocenters. The van der Waals surface area contributed by atoms with E-state index in [-0.39, 0.29) is 19.3 Å². The number of aromatic nitrogens is 1. The fourth-order valence-electron chi connectivity index (χ4n) is 2.32. The van der Waals surface area contributed by atoms with Crippen LogP contribution in [0.1, 0.15) is 24.0 Å². The van der Waals surface area contributed by atoms with Crippen LogP contribution in [-0.2, 0) is 6.61 Å². The zero-order valence-electron chi connectivity index (χ0n) is 9.56. The summed E-state index contributed by atoms with van der Waals surface area (Å²) in [6.07, 6.45) is 3.84. The van der Waals surface area contributed by atoms with Crippen LogP contribution in [0.5, 0.6) is 0 Å². The molecule has 4 heteroatoms. The zero-order valence-corrected chi connectivity index (χ0v) is 9.56. The van der Waals surface area contributed by atoms with Gasteiger partial charge in [0.05, 0.1) is 19.3 Å². The Morgan fingerprint density at radius 1 is 1.50 bits per heavy atom. The predicted octanol–water partition coefficient (Wildman–Crippen LogP) is 0.843. The third-order valence-electron chi connectivity index (χ3n) is 3.15. The van der Waals surface area contributed by atoms with Gasteiger partial charge < -0.3 is 15.1 Å². The van der Waals surface area contributed by atoms with E-state index in [1.54, 1.807) is 6.20 Å². The van der Waals surface area contributed by atoms with Crippen LogP contribution in [0.15, 0.2) is 12.3 Å². The first-order chi connectivity index (χ1) is 7.76. The topological polar surface area (TPSA) is 56.6 Å². The van der Waals surface area contributed by atoms with E-state index in [4.69, 9.17) is 5.11 Å². The zero-order chi connectivity index (χ0) is 11.5. The Labute approximate surface area is 95.5 Å².